The SMILES string of the molecule is CCOc1ccc(C[C@H](N)C(=O)N[C@@H](Cc2ccccc2)C(=O)N[C@H](C(=O)N[C@@H](CC(N)=O)C(=O)N2CCC[C@H]2C(=O)N(C(=O)C(N)CC)[C@](C(C)=O)(C(=O)NCCN)C(CCN=C(N)N)C23CC4CC(CC(C4)C2)C3)C(C)C)cc1. The molecule has 1 saturated heterocycles. The average Bonchev–Trinajstić information content (AvgIpc) is 3.57. The Hall–Kier alpha value is -6.98. The molecule has 7 rings (SSSR count). The number of imide groups is 1. The first kappa shape index (κ1) is 63.2. The quantitative estimate of drug-likeness (QED) is 0.0295. The predicted molar refractivity (Wildman–Crippen MR) is 304 cm³/mol. The summed E-state index contributed by atoms with van der Waals surface area (Å²) in [5.74, 6) is -8.39. The Labute approximate surface area is 474 Å². The van der Waals surface area contributed by atoms with Gasteiger partial charge in [0.15, 0.2) is 17.3 Å². The molecule has 4 saturated carbocycles. The highest BCUT2D eigenvalue weighted by molar-refractivity contribution is 6.18. The minimum Gasteiger partial charge on any atom is -0.494 e. The molecule has 4 aliphatic carbocycles. The molecule has 2 unspecified atom stereocenters. The Morgan fingerprint density at radius 2 is 1.40 bits per heavy atom. The Bertz CT molecular complexity index is 2580. The van der Waals surface area contributed by atoms with Crippen LogP contribution in [0.4, 0.5) is 0 Å². The number of ether oxygens (including phenoxy) is 1. The number of nitrogens with two attached hydrogens (primary N) is 6. The number of hydrogen-bond acceptors (Lipinski definition) is 14. The van der Waals surface area contributed by atoms with Crippen LogP contribution in [0.15, 0.2) is 59.6 Å². The second kappa shape index (κ2) is 28.1. The van der Waals surface area contributed by atoms with Crippen LogP contribution in [-0.2, 0) is 56.0 Å². The van der Waals surface area contributed by atoms with E-state index in [4.69, 9.17) is 39.1 Å². The summed E-state index contributed by atoms with van der Waals surface area (Å²) < 4.78 is 5.52. The summed E-state index contributed by atoms with van der Waals surface area (Å²) in [6.45, 7) is 8.13. The zero-order valence-electron chi connectivity index (χ0n) is 47.7. The highest BCUT2D eigenvalue weighted by Crippen LogP contribution is 2.65. The van der Waals surface area contributed by atoms with Gasteiger partial charge in [-0.3, -0.25) is 53.0 Å². The summed E-state index contributed by atoms with van der Waals surface area (Å²) in [7, 11) is 0. The molecule has 8 amide bonds. The minimum absolute atomic E-state index is 0.00218. The number of aliphatic imine (C=N–C) groups is 1. The topological polar surface area (TPSA) is 386 Å². The van der Waals surface area contributed by atoms with E-state index in [0.29, 0.717) is 37.2 Å². The van der Waals surface area contributed by atoms with Crippen molar-refractivity contribution in [1.29, 1.82) is 0 Å². The second-order valence-electron chi connectivity index (χ2n) is 23.1. The van der Waals surface area contributed by atoms with Crippen LogP contribution < -0.4 is 60.4 Å². The molecule has 1 heterocycles. The largest absolute Gasteiger partial charge is 0.494 e. The molecule has 23 nitrogen and oxygen atoms in total. The number of carbonyl (C=O) groups excluding carboxylic acids is 9. The molecule has 1 aliphatic heterocycles. The average molecular weight is 1130 g/mol. The molecule has 2 aromatic rings. The molecule has 0 aromatic heterocycles. The summed E-state index contributed by atoms with van der Waals surface area (Å²) in [4.78, 5) is 139. The maximum Gasteiger partial charge on any atom is 0.254 e. The van der Waals surface area contributed by atoms with Crippen LogP contribution in [0.2, 0.25) is 0 Å². The highest BCUT2D eigenvalue weighted by atomic mass is 16.5. The second-order valence-corrected chi connectivity index (χ2v) is 23.1. The number of rotatable bonds is 29. The Morgan fingerprint density at radius 1 is 0.790 bits per heavy atom. The lowest BCUT2D eigenvalue weighted by atomic mass is 9.43. The molecule has 23 heteroatoms. The van der Waals surface area contributed by atoms with E-state index in [1.807, 2.05) is 6.92 Å². The number of likely N-dealkylation sites (tertiary alicyclic amines) is 1. The van der Waals surface area contributed by atoms with Crippen LogP contribution in [0.25, 0.3) is 0 Å². The van der Waals surface area contributed by atoms with Gasteiger partial charge in [-0.15, -0.1) is 0 Å². The van der Waals surface area contributed by atoms with Crippen molar-refractivity contribution in [3.63, 3.8) is 0 Å². The molecule has 0 spiro atoms. The standard InChI is InChI=1S/C58H87N13O10/c1-6-41(60)52(77)71(58(34(5)72,55(80)65-22-20-59)46(19-21-66-56(63)64)57-30-37-24-38(31-57)26-39(25-37)32-57)54(79)45-14-11-23-70(45)53(78)44(29-47(62)73)68-51(76)48(33(3)4)69-50(75)43(28-35-12-9-8-10-13-35)67-49(74)42(61)27-36-15-17-40(18-16-36)81-7-2/h8-10,12-13,15-18,33,37-39,41-46,48H,6-7,11,14,19-32,59-61H2,1-5H3,(H2,62,73)(H,65,80)(H,67,74)(H,68,76)(H,69,75)(H4,63,64,66)/t37?,38?,39?,41?,42-,43-,44-,45-,46?,48-,57?,58-/m0/s1. The molecule has 5 fully saturated rings. The Balaban J connectivity index is 1.32. The van der Waals surface area contributed by atoms with E-state index in [0.717, 1.165) is 34.6 Å². The van der Waals surface area contributed by atoms with Crippen molar-refractivity contribution in [3.8, 4) is 5.75 Å². The van der Waals surface area contributed by atoms with Crippen molar-refractivity contribution >= 4 is 59.0 Å². The first-order valence-corrected chi connectivity index (χ1v) is 28.7. The lowest BCUT2D eigenvalue weighted by Gasteiger charge is -2.63. The third-order valence-electron chi connectivity index (χ3n) is 16.9. The molecule has 8 atom stereocenters. The number of nitrogens with zero attached hydrogens (tertiary/aromatic N) is 3. The molecule has 5 aliphatic rings. The van der Waals surface area contributed by atoms with Gasteiger partial charge in [0.05, 0.1) is 25.1 Å². The molecule has 16 N–H and O–H groups in total. The van der Waals surface area contributed by atoms with Crippen molar-refractivity contribution < 1.29 is 47.9 Å². The van der Waals surface area contributed by atoms with Gasteiger partial charge in [-0.2, -0.15) is 0 Å². The van der Waals surface area contributed by atoms with Gasteiger partial charge in [0.2, 0.25) is 35.4 Å². The number of ketones is 1. The normalized spacial score (nSPS) is 22.9. The molecule has 4 bridgehead atoms. The fourth-order valence-corrected chi connectivity index (χ4v) is 13.6. The minimum atomic E-state index is -2.54. The van der Waals surface area contributed by atoms with Crippen LogP contribution in [0.5, 0.6) is 5.75 Å². The molecular weight excluding hydrogens is 1040 g/mol. The number of benzene rings is 2. The van der Waals surface area contributed by atoms with Gasteiger partial charge in [-0.25, -0.2) is 0 Å². The number of Topliss-reactive ketones (excluding diaryl/α,β-unsaturated/α-hetero) is 1. The number of nitrogens with one attached hydrogen (secondary N) is 4. The summed E-state index contributed by atoms with van der Waals surface area (Å²) >= 11 is 0. The van der Waals surface area contributed by atoms with Gasteiger partial charge in [0.25, 0.3) is 11.8 Å². The van der Waals surface area contributed by atoms with Gasteiger partial charge >= 0.3 is 0 Å². The van der Waals surface area contributed by atoms with E-state index < -0.39 is 119 Å². The van der Waals surface area contributed by atoms with E-state index in [-0.39, 0.29) is 88.4 Å². The van der Waals surface area contributed by atoms with Crippen LogP contribution in [0.1, 0.15) is 116 Å². The number of guanidine groups is 1. The summed E-state index contributed by atoms with van der Waals surface area (Å²) in [6.07, 6.45) is 4.39. The Kier molecular flexibility index (Phi) is 22.0. The van der Waals surface area contributed by atoms with Crippen molar-refractivity contribution in [2.75, 3.05) is 32.8 Å². The molecular formula is C58H87N13O10. The number of primary amides is 1. The zero-order valence-corrected chi connectivity index (χ0v) is 47.7. The van der Waals surface area contributed by atoms with Crippen molar-refractivity contribution in [2.45, 2.75) is 160 Å². The van der Waals surface area contributed by atoms with E-state index in [1.54, 1.807) is 75.4 Å². The van der Waals surface area contributed by atoms with E-state index in [9.17, 15) is 19.2 Å². The zero-order chi connectivity index (χ0) is 59.3. The summed E-state index contributed by atoms with van der Waals surface area (Å²) in [5, 5.41) is 10.9. The maximum absolute atomic E-state index is 16.0. The lowest BCUT2D eigenvalue weighted by molar-refractivity contribution is -0.182. The van der Waals surface area contributed by atoms with Crippen LogP contribution in [0, 0.1) is 35.0 Å². The molecule has 0 radical (unpaired) electrons. The van der Waals surface area contributed by atoms with Crippen molar-refractivity contribution in [1.82, 2.24) is 31.1 Å². The van der Waals surface area contributed by atoms with E-state index >= 15 is 24.0 Å². The number of carbonyl (C=O) groups is 9. The van der Waals surface area contributed by atoms with Gasteiger partial charge in [0.1, 0.15) is 29.9 Å². The first-order valence-electron chi connectivity index (χ1n) is 28.7. The van der Waals surface area contributed by atoms with Crippen LogP contribution in [-0.4, -0.2) is 143 Å². The monoisotopic (exact) mass is 1130 g/mol. The first-order chi connectivity index (χ1) is 38.5. The van der Waals surface area contributed by atoms with Gasteiger partial charge in [0, 0.05) is 38.5 Å². The summed E-state index contributed by atoms with van der Waals surface area (Å²) in [5.41, 5.74) is 34.5. The summed E-state index contributed by atoms with van der Waals surface area (Å²) in [6, 6.07) is 7.72. The smallest absolute Gasteiger partial charge is 0.254 e. The number of amides is 8. The van der Waals surface area contributed by atoms with E-state index in [1.165, 1.54) is 6.92 Å². The van der Waals surface area contributed by atoms with Crippen LogP contribution in [0.3, 0.4) is 0 Å². The van der Waals surface area contributed by atoms with Crippen LogP contribution >= 0.6 is 0 Å². The van der Waals surface area contributed by atoms with Gasteiger partial charge in [-0.1, -0.05) is 63.2 Å². The van der Waals surface area contributed by atoms with Crippen molar-refractivity contribution in [2.24, 2.45) is 74.4 Å². The predicted octanol–water partition coefficient (Wildman–Crippen LogP) is 0.166. The van der Waals surface area contributed by atoms with Gasteiger partial charge in [-0.05, 0) is 137 Å². The highest BCUT2D eigenvalue weighted by Gasteiger charge is 2.67. The van der Waals surface area contributed by atoms with Crippen molar-refractivity contribution in [3.05, 3.63) is 65.7 Å². The lowest BCUT2D eigenvalue weighted by Crippen LogP contribution is -2.76. The fraction of sp³-hybridized carbons (Fsp3) is 0.621. The molecule has 81 heavy (non-hydrogen) atoms. The Morgan fingerprint density at radius 3 is 1.94 bits per heavy atom. The van der Waals surface area contributed by atoms with E-state index in [2.05, 4.69) is 26.3 Å². The molecule has 444 valence electrons. The molecule has 2 aromatic carbocycles. The third-order valence-corrected chi connectivity index (χ3v) is 16.9. The number of hydrogen-bond donors (Lipinski definition) is 10. The fourth-order valence-electron chi connectivity index (χ4n) is 13.6. The third kappa shape index (κ3) is 14.9. The van der Waals surface area contributed by atoms with Gasteiger partial charge < -0.3 is 65.3 Å². The maximum atomic E-state index is 16.0.